The van der Waals surface area contributed by atoms with Crippen LogP contribution < -0.4 is 0 Å². The zero-order chi connectivity index (χ0) is 18.7. The molecule has 0 radical (unpaired) electrons. The Morgan fingerprint density at radius 3 is 2.52 bits per heavy atom. The van der Waals surface area contributed by atoms with Gasteiger partial charge in [0.25, 0.3) is 0 Å². The molecule has 2 saturated heterocycles. The molecule has 3 fully saturated rings. The average Bonchev–Trinajstić information content (AvgIpc) is 3.18. The Balaban J connectivity index is 1.46. The molecule has 2 aliphatic heterocycles. The zero-order valence-electron chi connectivity index (χ0n) is 16.4. The molecule has 1 amide bonds. The Hall–Kier alpha value is -1.43. The van der Waals surface area contributed by atoms with Gasteiger partial charge >= 0.3 is 0 Å². The molecule has 1 saturated carbocycles. The van der Waals surface area contributed by atoms with E-state index in [2.05, 4.69) is 24.0 Å². The van der Waals surface area contributed by atoms with Crippen LogP contribution in [0.4, 0.5) is 0 Å². The minimum Gasteiger partial charge on any atom is -0.379 e. The Morgan fingerprint density at radius 1 is 1.11 bits per heavy atom. The molecule has 3 aliphatic rings. The number of hydrogen-bond acceptors (Lipinski definition) is 4. The molecule has 2 atom stereocenters. The van der Waals surface area contributed by atoms with Crippen molar-refractivity contribution in [2.75, 3.05) is 39.4 Å². The summed E-state index contributed by atoms with van der Waals surface area (Å²) in [5.74, 6) is 0.291. The third-order valence-electron chi connectivity index (χ3n) is 6.48. The SMILES string of the molecule is C[C@@H]1CN(C(=O)CC2(N3CCOCC3)CCCC2)C[C@@H](c2ccccc2)O1. The van der Waals surface area contributed by atoms with Crippen LogP contribution in [0, 0.1) is 0 Å². The number of morpholine rings is 2. The van der Waals surface area contributed by atoms with Crippen molar-refractivity contribution < 1.29 is 14.3 Å². The van der Waals surface area contributed by atoms with Gasteiger partial charge in [-0.1, -0.05) is 43.2 Å². The highest BCUT2D eigenvalue weighted by molar-refractivity contribution is 5.77. The second kappa shape index (κ2) is 8.29. The zero-order valence-corrected chi connectivity index (χ0v) is 16.4. The van der Waals surface area contributed by atoms with E-state index in [0.29, 0.717) is 25.4 Å². The van der Waals surface area contributed by atoms with Crippen molar-refractivity contribution in [3.8, 4) is 0 Å². The summed E-state index contributed by atoms with van der Waals surface area (Å²) in [5.41, 5.74) is 1.20. The Bertz CT molecular complexity index is 624. The van der Waals surface area contributed by atoms with Crippen LogP contribution in [0.1, 0.15) is 50.7 Å². The summed E-state index contributed by atoms with van der Waals surface area (Å²) in [7, 11) is 0. The molecular formula is C22H32N2O3. The Morgan fingerprint density at radius 2 is 1.81 bits per heavy atom. The van der Waals surface area contributed by atoms with E-state index in [1.807, 2.05) is 23.1 Å². The van der Waals surface area contributed by atoms with Crippen molar-refractivity contribution in [2.45, 2.75) is 56.8 Å². The molecule has 0 spiro atoms. The first kappa shape index (κ1) is 18.9. The molecule has 1 aromatic carbocycles. The second-order valence-electron chi connectivity index (χ2n) is 8.35. The molecule has 0 aromatic heterocycles. The van der Waals surface area contributed by atoms with Crippen molar-refractivity contribution in [3.05, 3.63) is 35.9 Å². The maximum atomic E-state index is 13.3. The number of ether oxygens (including phenoxy) is 2. The van der Waals surface area contributed by atoms with Gasteiger partial charge in [-0.3, -0.25) is 9.69 Å². The molecule has 1 aliphatic carbocycles. The molecule has 1 aromatic rings. The maximum absolute atomic E-state index is 13.3. The lowest BCUT2D eigenvalue weighted by atomic mass is 9.89. The summed E-state index contributed by atoms with van der Waals surface area (Å²) >= 11 is 0. The highest BCUT2D eigenvalue weighted by Gasteiger charge is 2.43. The van der Waals surface area contributed by atoms with Gasteiger partial charge in [-0.25, -0.2) is 0 Å². The molecular weight excluding hydrogens is 340 g/mol. The van der Waals surface area contributed by atoms with Gasteiger partial charge in [-0.15, -0.1) is 0 Å². The predicted octanol–water partition coefficient (Wildman–Crippen LogP) is 3.01. The summed E-state index contributed by atoms with van der Waals surface area (Å²) in [4.78, 5) is 17.9. The smallest absolute Gasteiger partial charge is 0.224 e. The number of nitrogens with zero attached hydrogens (tertiary/aromatic N) is 2. The Labute approximate surface area is 162 Å². The van der Waals surface area contributed by atoms with Crippen molar-refractivity contribution >= 4 is 5.91 Å². The quantitative estimate of drug-likeness (QED) is 0.815. The van der Waals surface area contributed by atoms with Gasteiger partial charge in [0.2, 0.25) is 5.91 Å². The monoisotopic (exact) mass is 372 g/mol. The van der Waals surface area contributed by atoms with E-state index < -0.39 is 0 Å². The van der Waals surface area contributed by atoms with Crippen molar-refractivity contribution in [1.82, 2.24) is 9.80 Å². The molecule has 148 valence electrons. The Kier molecular flexibility index (Phi) is 5.81. The third kappa shape index (κ3) is 4.20. The van der Waals surface area contributed by atoms with Crippen molar-refractivity contribution in [1.29, 1.82) is 0 Å². The molecule has 2 heterocycles. The number of amides is 1. The van der Waals surface area contributed by atoms with Gasteiger partial charge in [0.15, 0.2) is 0 Å². The number of hydrogen-bond donors (Lipinski definition) is 0. The minimum absolute atomic E-state index is 0.0261. The lowest BCUT2D eigenvalue weighted by Gasteiger charge is -2.45. The average molecular weight is 373 g/mol. The van der Waals surface area contributed by atoms with Gasteiger partial charge in [-0.05, 0) is 25.3 Å². The van der Waals surface area contributed by atoms with Crippen LogP contribution in [0.25, 0.3) is 0 Å². The predicted molar refractivity (Wildman–Crippen MR) is 105 cm³/mol. The highest BCUT2D eigenvalue weighted by atomic mass is 16.5. The third-order valence-corrected chi connectivity index (χ3v) is 6.48. The molecule has 0 N–H and O–H groups in total. The van der Waals surface area contributed by atoms with Crippen LogP contribution in [-0.4, -0.2) is 66.7 Å². The fourth-order valence-electron chi connectivity index (χ4n) is 5.08. The lowest BCUT2D eigenvalue weighted by molar-refractivity contribution is -0.149. The van der Waals surface area contributed by atoms with E-state index in [4.69, 9.17) is 9.47 Å². The molecule has 4 rings (SSSR count). The van der Waals surface area contributed by atoms with Gasteiger partial charge in [0, 0.05) is 31.6 Å². The van der Waals surface area contributed by atoms with E-state index in [0.717, 1.165) is 44.7 Å². The summed E-state index contributed by atoms with van der Waals surface area (Å²) in [6, 6.07) is 10.3. The van der Waals surface area contributed by atoms with E-state index in [1.54, 1.807) is 0 Å². The number of carbonyl (C=O) groups excluding carboxylic acids is 1. The van der Waals surface area contributed by atoms with Crippen LogP contribution in [-0.2, 0) is 14.3 Å². The fraction of sp³-hybridized carbons (Fsp3) is 0.682. The second-order valence-corrected chi connectivity index (χ2v) is 8.35. The van der Waals surface area contributed by atoms with E-state index in [1.165, 1.54) is 12.8 Å². The maximum Gasteiger partial charge on any atom is 0.224 e. The molecule has 0 unspecified atom stereocenters. The molecule has 0 bridgehead atoms. The summed E-state index contributed by atoms with van der Waals surface area (Å²) in [6.45, 7) is 6.93. The van der Waals surface area contributed by atoms with Gasteiger partial charge in [0.1, 0.15) is 6.10 Å². The first-order valence-electron chi connectivity index (χ1n) is 10.5. The summed E-state index contributed by atoms with van der Waals surface area (Å²) in [6.07, 6.45) is 5.42. The van der Waals surface area contributed by atoms with E-state index >= 15 is 0 Å². The van der Waals surface area contributed by atoms with Gasteiger partial charge in [0.05, 0.1) is 25.9 Å². The van der Waals surface area contributed by atoms with Crippen LogP contribution in [0.5, 0.6) is 0 Å². The number of rotatable bonds is 4. The van der Waals surface area contributed by atoms with Crippen LogP contribution in [0.2, 0.25) is 0 Å². The standard InChI is InChI=1S/C22H32N2O3/c1-18-16-23(17-20(27-18)19-7-3-2-4-8-19)21(25)15-22(9-5-6-10-22)24-11-13-26-14-12-24/h2-4,7-8,18,20H,5-6,9-17H2,1H3/t18-,20+/m1/s1. The largest absolute Gasteiger partial charge is 0.379 e. The topological polar surface area (TPSA) is 42.0 Å². The van der Waals surface area contributed by atoms with E-state index in [-0.39, 0.29) is 17.7 Å². The first-order chi connectivity index (χ1) is 13.2. The highest BCUT2D eigenvalue weighted by Crippen LogP contribution is 2.39. The van der Waals surface area contributed by atoms with Gasteiger partial charge in [-0.2, -0.15) is 0 Å². The van der Waals surface area contributed by atoms with Crippen LogP contribution in [0.15, 0.2) is 30.3 Å². The summed E-state index contributed by atoms with van der Waals surface area (Å²) < 4.78 is 11.7. The molecule has 27 heavy (non-hydrogen) atoms. The molecule has 5 nitrogen and oxygen atoms in total. The van der Waals surface area contributed by atoms with Crippen LogP contribution >= 0.6 is 0 Å². The van der Waals surface area contributed by atoms with Crippen LogP contribution in [0.3, 0.4) is 0 Å². The normalized spacial score (nSPS) is 29.0. The number of benzene rings is 1. The van der Waals surface area contributed by atoms with Crippen molar-refractivity contribution in [2.24, 2.45) is 0 Å². The first-order valence-corrected chi connectivity index (χ1v) is 10.5. The summed E-state index contributed by atoms with van der Waals surface area (Å²) in [5, 5.41) is 0. The van der Waals surface area contributed by atoms with Gasteiger partial charge < -0.3 is 14.4 Å². The lowest BCUT2D eigenvalue weighted by Crippen LogP contribution is -2.55. The number of carbonyl (C=O) groups is 1. The fourth-order valence-corrected chi connectivity index (χ4v) is 5.08. The van der Waals surface area contributed by atoms with Crippen molar-refractivity contribution in [3.63, 3.8) is 0 Å². The van der Waals surface area contributed by atoms with E-state index in [9.17, 15) is 4.79 Å². The molecule has 5 heteroatoms. The minimum atomic E-state index is -0.0261.